The monoisotopic (exact) mass is 289 g/mol. The minimum absolute atomic E-state index is 0.524. The minimum Gasteiger partial charge on any atom is -0.378 e. The second kappa shape index (κ2) is 6.04. The largest absolute Gasteiger partial charge is 0.378 e. The molecule has 1 aliphatic heterocycles. The zero-order chi connectivity index (χ0) is 14.7. The van der Waals surface area contributed by atoms with Gasteiger partial charge in [-0.25, -0.2) is 4.68 Å². The van der Waals surface area contributed by atoms with E-state index in [-0.39, 0.29) is 0 Å². The number of rotatable bonds is 4. The van der Waals surface area contributed by atoms with Gasteiger partial charge in [0.25, 0.3) is 5.95 Å². The molecular weight excluding hydrogens is 270 g/mol. The molecule has 3 heterocycles. The van der Waals surface area contributed by atoms with E-state index in [1.165, 1.54) is 0 Å². The van der Waals surface area contributed by atoms with E-state index in [0.29, 0.717) is 31.1 Å². The lowest BCUT2D eigenvalue weighted by Gasteiger charge is -2.27. The second-order valence-electron chi connectivity index (χ2n) is 4.79. The van der Waals surface area contributed by atoms with Crippen molar-refractivity contribution >= 4 is 11.9 Å². The van der Waals surface area contributed by atoms with Gasteiger partial charge in [0.1, 0.15) is 0 Å². The van der Waals surface area contributed by atoms with Crippen LogP contribution in [-0.4, -0.2) is 57.6 Å². The Hall–Kier alpha value is -2.22. The lowest BCUT2D eigenvalue weighted by atomic mass is 10.4. The summed E-state index contributed by atoms with van der Waals surface area (Å²) < 4.78 is 7.04. The standard InChI is InChI=1S/C13H19N7O/c1-3-14-11-15-12(19-6-8-21-9-7-19)17-13(16-11)20-5-4-10(2)18-20/h4-5H,3,6-9H2,1-2H3,(H,14,15,16,17). The summed E-state index contributed by atoms with van der Waals surface area (Å²) in [7, 11) is 0. The van der Waals surface area contributed by atoms with Gasteiger partial charge in [0, 0.05) is 25.8 Å². The molecule has 0 saturated carbocycles. The van der Waals surface area contributed by atoms with E-state index in [0.717, 1.165) is 25.3 Å². The van der Waals surface area contributed by atoms with Crippen molar-refractivity contribution < 1.29 is 4.74 Å². The third-order valence-electron chi connectivity index (χ3n) is 3.17. The zero-order valence-electron chi connectivity index (χ0n) is 12.3. The van der Waals surface area contributed by atoms with Crippen molar-refractivity contribution in [2.75, 3.05) is 43.1 Å². The molecule has 0 radical (unpaired) electrons. The van der Waals surface area contributed by atoms with E-state index in [2.05, 4.69) is 30.3 Å². The molecule has 21 heavy (non-hydrogen) atoms. The molecule has 0 bridgehead atoms. The van der Waals surface area contributed by atoms with Crippen LogP contribution in [0, 0.1) is 6.92 Å². The maximum atomic E-state index is 5.37. The van der Waals surface area contributed by atoms with E-state index in [4.69, 9.17) is 4.74 Å². The molecule has 0 aliphatic carbocycles. The molecule has 0 amide bonds. The van der Waals surface area contributed by atoms with Gasteiger partial charge in [-0.3, -0.25) is 0 Å². The van der Waals surface area contributed by atoms with Crippen molar-refractivity contribution in [3.63, 3.8) is 0 Å². The van der Waals surface area contributed by atoms with Crippen LogP contribution in [0.5, 0.6) is 0 Å². The molecule has 0 unspecified atom stereocenters. The molecule has 1 fully saturated rings. The normalized spacial score (nSPS) is 15.2. The third kappa shape index (κ3) is 3.10. The number of morpholine rings is 1. The van der Waals surface area contributed by atoms with E-state index in [1.807, 2.05) is 26.1 Å². The van der Waals surface area contributed by atoms with Gasteiger partial charge in [-0.2, -0.15) is 20.1 Å². The molecule has 1 N–H and O–H groups in total. The highest BCUT2D eigenvalue weighted by Gasteiger charge is 2.17. The highest BCUT2D eigenvalue weighted by molar-refractivity contribution is 5.40. The SMILES string of the molecule is CCNc1nc(N2CCOCC2)nc(-n2ccc(C)n2)n1. The predicted octanol–water partition coefficient (Wildman–Crippen LogP) is 0.634. The van der Waals surface area contributed by atoms with Crippen LogP contribution in [0.25, 0.3) is 5.95 Å². The van der Waals surface area contributed by atoms with Gasteiger partial charge in [-0.15, -0.1) is 0 Å². The maximum absolute atomic E-state index is 5.37. The molecular formula is C13H19N7O. The first-order valence-electron chi connectivity index (χ1n) is 7.11. The number of ether oxygens (including phenoxy) is 1. The molecule has 3 rings (SSSR count). The Morgan fingerprint density at radius 2 is 1.95 bits per heavy atom. The van der Waals surface area contributed by atoms with Gasteiger partial charge in [0.2, 0.25) is 11.9 Å². The topological polar surface area (TPSA) is 81.0 Å². The molecule has 0 spiro atoms. The number of hydrogen-bond donors (Lipinski definition) is 1. The van der Waals surface area contributed by atoms with Crippen LogP contribution < -0.4 is 10.2 Å². The minimum atomic E-state index is 0.524. The Labute approximate surface area is 123 Å². The highest BCUT2D eigenvalue weighted by Crippen LogP contribution is 2.14. The Kier molecular flexibility index (Phi) is 3.96. The van der Waals surface area contributed by atoms with Crippen LogP contribution in [0.3, 0.4) is 0 Å². The van der Waals surface area contributed by atoms with Crippen molar-refractivity contribution in [1.82, 2.24) is 24.7 Å². The number of hydrogen-bond acceptors (Lipinski definition) is 7. The zero-order valence-corrected chi connectivity index (χ0v) is 12.3. The summed E-state index contributed by atoms with van der Waals surface area (Å²) in [5.41, 5.74) is 0.924. The summed E-state index contributed by atoms with van der Waals surface area (Å²) in [6.07, 6.45) is 1.85. The molecule has 0 atom stereocenters. The fourth-order valence-corrected chi connectivity index (χ4v) is 2.12. The number of anilines is 2. The van der Waals surface area contributed by atoms with Crippen LogP contribution in [0.2, 0.25) is 0 Å². The molecule has 8 heteroatoms. The first kappa shape index (κ1) is 13.7. The van der Waals surface area contributed by atoms with Crippen molar-refractivity contribution in [2.45, 2.75) is 13.8 Å². The molecule has 1 saturated heterocycles. The van der Waals surface area contributed by atoms with Crippen molar-refractivity contribution in [2.24, 2.45) is 0 Å². The molecule has 2 aromatic rings. The summed E-state index contributed by atoms with van der Waals surface area (Å²) in [6, 6.07) is 1.92. The quantitative estimate of drug-likeness (QED) is 0.884. The summed E-state index contributed by atoms with van der Waals surface area (Å²) in [5.74, 6) is 1.75. The van der Waals surface area contributed by atoms with E-state index >= 15 is 0 Å². The van der Waals surface area contributed by atoms with E-state index < -0.39 is 0 Å². The number of aryl methyl sites for hydroxylation is 1. The van der Waals surface area contributed by atoms with Crippen LogP contribution in [0.1, 0.15) is 12.6 Å². The average molecular weight is 289 g/mol. The average Bonchev–Trinajstić information content (AvgIpc) is 2.95. The molecule has 8 nitrogen and oxygen atoms in total. The lowest BCUT2D eigenvalue weighted by molar-refractivity contribution is 0.122. The summed E-state index contributed by atoms with van der Waals surface area (Å²) >= 11 is 0. The van der Waals surface area contributed by atoms with Gasteiger partial charge in [0.15, 0.2) is 0 Å². The van der Waals surface area contributed by atoms with Crippen molar-refractivity contribution in [3.8, 4) is 5.95 Å². The van der Waals surface area contributed by atoms with Crippen LogP contribution >= 0.6 is 0 Å². The first-order chi connectivity index (χ1) is 10.3. The van der Waals surface area contributed by atoms with Gasteiger partial charge < -0.3 is 15.0 Å². The molecule has 2 aromatic heterocycles. The van der Waals surface area contributed by atoms with Gasteiger partial charge in [-0.1, -0.05) is 0 Å². The Morgan fingerprint density at radius 3 is 2.62 bits per heavy atom. The first-order valence-corrected chi connectivity index (χ1v) is 7.11. The molecule has 0 aromatic carbocycles. The fraction of sp³-hybridized carbons (Fsp3) is 0.538. The second-order valence-corrected chi connectivity index (χ2v) is 4.79. The number of nitrogens with one attached hydrogen (secondary N) is 1. The van der Waals surface area contributed by atoms with E-state index in [1.54, 1.807) is 4.68 Å². The van der Waals surface area contributed by atoms with Gasteiger partial charge >= 0.3 is 0 Å². The Morgan fingerprint density at radius 1 is 1.19 bits per heavy atom. The Balaban J connectivity index is 1.96. The third-order valence-corrected chi connectivity index (χ3v) is 3.17. The fourth-order valence-electron chi connectivity index (χ4n) is 2.12. The van der Waals surface area contributed by atoms with Crippen LogP contribution in [0.4, 0.5) is 11.9 Å². The van der Waals surface area contributed by atoms with Crippen LogP contribution in [0.15, 0.2) is 12.3 Å². The van der Waals surface area contributed by atoms with Gasteiger partial charge in [-0.05, 0) is 19.9 Å². The predicted molar refractivity (Wildman–Crippen MR) is 78.9 cm³/mol. The summed E-state index contributed by atoms with van der Waals surface area (Å²) in [4.78, 5) is 15.5. The smallest absolute Gasteiger partial charge is 0.257 e. The van der Waals surface area contributed by atoms with E-state index in [9.17, 15) is 0 Å². The summed E-state index contributed by atoms with van der Waals surface area (Å²) in [6.45, 7) is 7.66. The van der Waals surface area contributed by atoms with Gasteiger partial charge in [0.05, 0.1) is 18.9 Å². The highest BCUT2D eigenvalue weighted by atomic mass is 16.5. The summed E-state index contributed by atoms with van der Waals surface area (Å²) in [5, 5.41) is 7.50. The molecule has 112 valence electrons. The Bertz CT molecular complexity index is 606. The molecule has 1 aliphatic rings. The van der Waals surface area contributed by atoms with Crippen LogP contribution in [-0.2, 0) is 4.74 Å². The van der Waals surface area contributed by atoms with Crippen molar-refractivity contribution in [1.29, 1.82) is 0 Å². The maximum Gasteiger partial charge on any atom is 0.257 e. The van der Waals surface area contributed by atoms with Crippen molar-refractivity contribution in [3.05, 3.63) is 18.0 Å². The number of nitrogens with zero attached hydrogens (tertiary/aromatic N) is 6. The number of aromatic nitrogens is 5. The lowest BCUT2D eigenvalue weighted by Crippen LogP contribution is -2.37.